The Balaban J connectivity index is 2.59. The number of aliphatic hydroxyl groups excluding tert-OH is 1. The molecule has 0 aliphatic rings. The van der Waals surface area contributed by atoms with Crippen LogP contribution in [0.2, 0.25) is 5.02 Å². The zero-order valence-electron chi connectivity index (χ0n) is 11.5. The normalized spacial score (nSPS) is 13.0. The lowest BCUT2D eigenvalue weighted by molar-refractivity contribution is -0.138. The highest BCUT2D eigenvalue weighted by molar-refractivity contribution is 6.30. The molecule has 22 heavy (non-hydrogen) atoms. The van der Waals surface area contributed by atoms with E-state index in [1.807, 2.05) is 0 Å². The molecule has 0 bridgehead atoms. The Hall–Kier alpha value is -1.92. The number of nitrogens with two attached hydrogens (primary N) is 1. The van der Waals surface area contributed by atoms with E-state index in [-0.39, 0.29) is 16.8 Å². The minimum absolute atomic E-state index is 0.0358. The zero-order valence-corrected chi connectivity index (χ0v) is 12.2. The van der Waals surface area contributed by atoms with Crippen molar-refractivity contribution in [2.24, 2.45) is 0 Å². The SMILES string of the molecule is COc1c(C(O)c2cc(Cl)ccc2N)cccc1C(F)(F)F. The molecule has 0 amide bonds. The van der Waals surface area contributed by atoms with Crippen LogP contribution in [0.25, 0.3) is 0 Å². The predicted octanol–water partition coefficient (Wildman–Crippen LogP) is 4.03. The van der Waals surface area contributed by atoms with E-state index in [1.54, 1.807) is 0 Å². The highest BCUT2D eigenvalue weighted by atomic mass is 35.5. The van der Waals surface area contributed by atoms with Gasteiger partial charge in [0.25, 0.3) is 0 Å². The number of methoxy groups -OCH3 is 1. The van der Waals surface area contributed by atoms with Gasteiger partial charge in [0.15, 0.2) is 0 Å². The molecule has 0 fully saturated rings. The van der Waals surface area contributed by atoms with Crippen molar-refractivity contribution in [2.75, 3.05) is 12.8 Å². The molecule has 0 aromatic heterocycles. The fourth-order valence-corrected chi connectivity index (χ4v) is 2.35. The summed E-state index contributed by atoms with van der Waals surface area (Å²) in [6.45, 7) is 0. The summed E-state index contributed by atoms with van der Waals surface area (Å²) in [7, 11) is 1.11. The quantitative estimate of drug-likeness (QED) is 0.835. The minimum Gasteiger partial charge on any atom is -0.496 e. The Morgan fingerprint density at radius 1 is 1.18 bits per heavy atom. The number of hydrogen-bond acceptors (Lipinski definition) is 3. The average molecular weight is 332 g/mol. The van der Waals surface area contributed by atoms with Crippen LogP contribution >= 0.6 is 11.6 Å². The summed E-state index contributed by atoms with van der Waals surface area (Å²) < 4.78 is 43.9. The fraction of sp³-hybridized carbons (Fsp3) is 0.200. The Labute approximate surface area is 130 Å². The summed E-state index contributed by atoms with van der Waals surface area (Å²) >= 11 is 5.85. The first-order valence-electron chi connectivity index (χ1n) is 6.22. The van der Waals surface area contributed by atoms with Crippen molar-refractivity contribution >= 4 is 17.3 Å². The van der Waals surface area contributed by atoms with Crippen LogP contribution in [0.4, 0.5) is 18.9 Å². The van der Waals surface area contributed by atoms with Gasteiger partial charge >= 0.3 is 6.18 Å². The van der Waals surface area contributed by atoms with Gasteiger partial charge in [0.1, 0.15) is 11.9 Å². The van der Waals surface area contributed by atoms with E-state index in [9.17, 15) is 18.3 Å². The first kappa shape index (κ1) is 16.5. The van der Waals surface area contributed by atoms with E-state index in [2.05, 4.69) is 0 Å². The van der Waals surface area contributed by atoms with Crippen molar-refractivity contribution in [1.82, 2.24) is 0 Å². The molecule has 0 radical (unpaired) electrons. The molecule has 2 aromatic rings. The topological polar surface area (TPSA) is 55.5 Å². The molecule has 3 nitrogen and oxygen atoms in total. The molecule has 2 aromatic carbocycles. The molecular formula is C15H13ClF3NO2. The Kier molecular flexibility index (Phi) is 4.53. The lowest BCUT2D eigenvalue weighted by Crippen LogP contribution is -2.12. The van der Waals surface area contributed by atoms with Crippen LogP contribution in [0.1, 0.15) is 22.8 Å². The maximum atomic E-state index is 13.0. The van der Waals surface area contributed by atoms with Crippen LogP contribution < -0.4 is 10.5 Å². The second-order valence-electron chi connectivity index (χ2n) is 4.60. The Bertz CT molecular complexity index is 689. The van der Waals surface area contributed by atoms with Crippen LogP contribution in [0, 0.1) is 0 Å². The molecule has 1 atom stereocenters. The van der Waals surface area contributed by atoms with Crippen molar-refractivity contribution < 1.29 is 23.0 Å². The molecule has 1 unspecified atom stereocenters. The number of alkyl halides is 3. The molecule has 0 saturated carbocycles. The number of hydrogen-bond donors (Lipinski definition) is 2. The van der Waals surface area contributed by atoms with Gasteiger partial charge in [-0.1, -0.05) is 23.7 Å². The van der Waals surface area contributed by atoms with Crippen LogP contribution in [-0.4, -0.2) is 12.2 Å². The van der Waals surface area contributed by atoms with Gasteiger partial charge in [-0.15, -0.1) is 0 Å². The van der Waals surface area contributed by atoms with Crippen LogP contribution in [0.3, 0.4) is 0 Å². The highest BCUT2D eigenvalue weighted by Crippen LogP contribution is 2.42. The van der Waals surface area contributed by atoms with E-state index in [0.29, 0.717) is 5.02 Å². The minimum atomic E-state index is -4.60. The predicted molar refractivity (Wildman–Crippen MR) is 77.9 cm³/mol. The number of benzene rings is 2. The number of ether oxygens (including phenoxy) is 1. The molecule has 118 valence electrons. The number of nitrogen functional groups attached to an aromatic ring is 1. The second-order valence-corrected chi connectivity index (χ2v) is 5.04. The fourth-order valence-electron chi connectivity index (χ4n) is 2.17. The van der Waals surface area contributed by atoms with E-state index in [0.717, 1.165) is 13.2 Å². The molecule has 0 spiro atoms. The molecular weight excluding hydrogens is 319 g/mol. The van der Waals surface area contributed by atoms with Crippen LogP contribution in [0.5, 0.6) is 5.75 Å². The van der Waals surface area contributed by atoms with Gasteiger partial charge in [0, 0.05) is 21.8 Å². The third-order valence-corrected chi connectivity index (χ3v) is 3.43. The van der Waals surface area contributed by atoms with Gasteiger partial charge in [-0.3, -0.25) is 0 Å². The summed E-state index contributed by atoms with van der Waals surface area (Å²) in [6, 6.07) is 7.83. The van der Waals surface area contributed by atoms with Crippen LogP contribution in [-0.2, 0) is 6.18 Å². The van der Waals surface area contributed by atoms with Crippen molar-refractivity contribution in [2.45, 2.75) is 12.3 Å². The van der Waals surface area contributed by atoms with Gasteiger partial charge in [0.2, 0.25) is 0 Å². The van der Waals surface area contributed by atoms with Crippen LogP contribution in [0.15, 0.2) is 36.4 Å². The maximum absolute atomic E-state index is 13.0. The van der Waals surface area contributed by atoms with Crippen molar-refractivity contribution in [1.29, 1.82) is 0 Å². The number of halogens is 4. The lowest BCUT2D eigenvalue weighted by Gasteiger charge is -2.20. The van der Waals surface area contributed by atoms with Gasteiger partial charge in [-0.2, -0.15) is 13.2 Å². The van der Waals surface area contributed by atoms with Crippen molar-refractivity contribution in [3.05, 3.63) is 58.1 Å². The van der Waals surface area contributed by atoms with Gasteiger partial charge in [-0.25, -0.2) is 0 Å². The summed E-state index contributed by atoms with van der Waals surface area (Å²) in [5.74, 6) is -0.443. The molecule has 0 heterocycles. The highest BCUT2D eigenvalue weighted by Gasteiger charge is 2.36. The lowest BCUT2D eigenvalue weighted by atomic mass is 9.97. The molecule has 7 heteroatoms. The smallest absolute Gasteiger partial charge is 0.419 e. The summed E-state index contributed by atoms with van der Waals surface area (Å²) in [5.41, 5.74) is 5.19. The average Bonchev–Trinajstić information content (AvgIpc) is 2.47. The standard InChI is InChI=1S/C15H13ClF3NO2/c1-22-14-9(3-2-4-11(14)15(17,18)19)13(21)10-7-8(16)5-6-12(10)20/h2-7,13,21H,20H2,1H3. The number of aliphatic hydroxyl groups is 1. The summed E-state index contributed by atoms with van der Waals surface area (Å²) in [5, 5.41) is 10.7. The summed E-state index contributed by atoms with van der Waals surface area (Å²) in [4.78, 5) is 0. The van der Waals surface area contributed by atoms with E-state index >= 15 is 0 Å². The number of rotatable bonds is 3. The van der Waals surface area contributed by atoms with E-state index in [1.165, 1.54) is 30.3 Å². The first-order valence-corrected chi connectivity index (χ1v) is 6.60. The Morgan fingerprint density at radius 2 is 1.86 bits per heavy atom. The molecule has 2 rings (SSSR count). The number of para-hydroxylation sites is 1. The zero-order chi connectivity index (χ0) is 16.5. The van der Waals surface area contributed by atoms with Crippen molar-refractivity contribution in [3.8, 4) is 5.75 Å². The second kappa shape index (κ2) is 6.06. The largest absolute Gasteiger partial charge is 0.496 e. The van der Waals surface area contributed by atoms with E-state index < -0.39 is 23.6 Å². The molecule has 3 N–H and O–H groups in total. The third kappa shape index (κ3) is 3.13. The van der Waals surface area contributed by atoms with Gasteiger partial charge < -0.3 is 15.6 Å². The number of anilines is 1. The van der Waals surface area contributed by atoms with Gasteiger partial charge in [-0.05, 0) is 24.3 Å². The molecule has 0 aliphatic heterocycles. The summed E-state index contributed by atoms with van der Waals surface area (Å²) in [6.07, 6.45) is -5.99. The van der Waals surface area contributed by atoms with Crippen molar-refractivity contribution in [3.63, 3.8) is 0 Å². The molecule has 0 saturated heterocycles. The Morgan fingerprint density at radius 3 is 2.45 bits per heavy atom. The monoisotopic (exact) mass is 331 g/mol. The first-order chi connectivity index (χ1) is 10.3. The molecule has 0 aliphatic carbocycles. The maximum Gasteiger partial charge on any atom is 0.419 e. The third-order valence-electron chi connectivity index (χ3n) is 3.19. The van der Waals surface area contributed by atoms with E-state index in [4.69, 9.17) is 22.1 Å². The van der Waals surface area contributed by atoms with Gasteiger partial charge in [0.05, 0.1) is 12.7 Å².